The van der Waals surface area contributed by atoms with Gasteiger partial charge < -0.3 is 15.0 Å². The Balaban J connectivity index is 2.07. The topological polar surface area (TPSA) is 24.5 Å². The summed E-state index contributed by atoms with van der Waals surface area (Å²) in [6, 6.07) is 13.9. The SMILES string of the molecule is FC(F)Oc1ccc(NC(=S)N(Cc2ccccc2)CC(F)(F)F)cc1. The quantitative estimate of drug-likeness (QED) is 0.551. The monoisotopic (exact) mass is 390 g/mol. The van der Waals surface area contributed by atoms with Gasteiger partial charge in [0.1, 0.15) is 12.3 Å². The molecule has 1 N–H and O–H groups in total. The summed E-state index contributed by atoms with van der Waals surface area (Å²) in [7, 11) is 0. The van der Waals surface area contributed by atoms with Crippen LogP contribution in [0.4, 0.5) is 27.6 Å². The van der Waals surface area contributed by atoms with E-state index in [1.54, 1.807) is 30.3 Å². The molecular weight excluding hydrogens is 375 g/mol. The number of thiocarbonyl (C=S) groups is 1. The second-order valence-corrected chi connectivity index (χ2v) is 5.68. The molecule has 0 heterocycles. The highest BCUT2D eigenvalue weighted by atomic mass is 32.1. The summed E-state index contributed by atoms with van der Waals surface area (Å²) >= 11 is 5.09. The number of hydrogen-bond acceptors (Lipinski definition) is 2. The highest BCUT2D eigenvalue weighted by Crippen LogP contribution is 2.21. The van der Waals surface area contributed by atoms with Crippen LogP contribution in [0.1, 0.15) is 5.56 Å². The van der Waals surface area contributed by atoms with Crippen LogP contribution in [0.3, 0.4) is 0 Å². The van der Waals surface area contributed by atoms with Crippen molar-refractivity contribution in [2.45, 2.75) is 19.3 Å². The molecular formula is C17H15F5N2OS. The van der Waals surface area contributed by atoms with Gasteiger partial charge in [-0.3, -0.25) is 0 Å². The molecule has 2 rings (SSSR count). The van der Waals surface area contributed by atoms with Crippen molar-refractivity contribution in [3.05, 3.63) is 60.2 Å². The van der Waals surface area contributed by atoms with Gasteiger partial charge in [0.25, 0.3) is 0 Å². The maximum absolute atomic E-state index is 12.9. The smallest absolute Gasteiger partial charge is 0.406 e. The van der Waals surface area contributed by atoms with Crippen molar-refractivity contribution in [2.24, 2.45) is 0 Å². The van der Waals surface area contributed by atoms with Gasteiger partial charge in [-0.05, 0) is 42.0 Å². The molecule has 0 saturated heterocycles. The molecule has 0 saturated carbocycles. The maximum Gasteiger partial charge on any atom is 0.406 e. The van der Waals surface area contributed by atoms with E-state index in [-0.39, 0.29) is 17.4 Å². The summed E-state index contributed by atoms with van der Waals surface area (Å²) in [5.41, 5.74) is 1.03. The Morgan fingerprint density at radius 2 is 1.65 bits per heavy atom. The van der Waals surface area contributed by atoms with Crippen molar-refractivity contribution >= 4 is 23.0 Å². The van der Waals surface area contributed by atoms with E-state index in [0.717, 1.165) is 4.90 Å². The molecule has 0 atom stereocenters. The highest BCUT2D eigenvalue weighted by Gasteiger charge is 2.32. The zero-order chi connectivity index (χ0) is 19.2. The number of hydrogen-bond donors (Lipinski definition) is 1. The standard InChI is InChI=1S/C17H15F5N2OS/c18-15(19)25-14-8-6-13(7-9-14)23-16(26)24(11-17(20,21)22)10-12-4-2-1-3-5-12/h1-9,15H,10-11H2,(H,23,26). The molecule has 2 aromatic rings. The molecule has 0 bridgehead atoms. The van der Waals surface area contributed by atoms with Crippen LogP contribution in [0.2, 0.25) is 0 Å². The number of nitrogens with zero attached hydrogens (tertiary/aromatic N) is 1. The molecule has 0 fully saturated rings. The van der Waals surface area contributed by atoms with Crippen molar-refractivity contribution in [3.8, 4) is 5.75 Å². The molecule has 26 heavy (non-hydrogen) atoms. The molecule has 0 aliphatic heterocycles. The minimum Gasteiger partial charge on any atom is -0.435 e. The third-order valence-electron chi connectivity index (χ3n) is 3.20. The fourth-order valence-corrected chi connectivity index (χ4v) is 2.39. The molecule has 0 aliphatic carbocycles. The number of rotatable bonds is 6. The van der Waals surface area contributed by atoms with Gasteiger partial charge >= 0.3 is 12.8 Å². The number of benzene rings is 2. The Labute approximate surface area is 152 Å². The van der Waals surface area contributed by atoms with Crippen LogP contribution in [0.15, 0.2) is 54.6 Å². The summed E-state index contributed by atoms with van der Waals surface area (Å²) in [6.07, 6.45) is -4.44. The lowest BCUT2D eigenvalue weighted by Crippen LogP contribution is -2.40. The Hall–Kier alpha value is -2.42. The summed E-state index contributed by atoms with van der Waals surface area (Å²) in [5, 5.41) is 2.55. The van der Waals surface area contributed by atoms with E-state index < -0.39 is 19.3 Å². The van der Waals surface area contributed by atoms with Crippen molar-refractivity contribution in [2.75, 3.05) is 11.9 Å². The number of ether oxygens (including phenoxy) is 1. The normalized spacial score (nSPS) is 11.3. The van der Waals surface area contributed by atoms with Crippen LogP contribution in [0.25, 0.3) is 0 Å². The lowest BCUT2D eigenvalue weighted by Gasteiger charge is -2.27. The summed E-state index contributed by atoms with van der Waals surface area (Å²) in [6.45, 7) is -4.21. The van der Waals surface area contributed by atoms with Gasteiger partial charge in [-0.25, -0.2) is 0 Å². The average molecular weight is 390 g/mol. The Morgan fingerprint density at radius 3 is 2.19 bits per heavy atom. The van der Waals surface area contributed by atoms with Gasteiger partial charge in [0.2, 0.25) is 0 Å². The summed E-state index contributed by atoms with van der Waals surface area (Å²) in [5.74, 6) is -0.0621. The first-order valence-corrected chi connectivity index (χ1v) is 7.85. The summed E-state index contributed by atoms with van der Waals surface area (Å²) < 4.78 is 67.1. The lowest BCUT2D eigenvalue weighted by atomic mass is 10.2. The van der Waals surface area contributed by atoms with Crippen LogP contribution < -0.4 is 10.1 Å². The number of alkyl halides is 5. The van der Waals surface area contributed by atoms with Crippen LogP contribution in [-0.4, -0.2) is 29.3 Å². The zero-order valence-electron chi connectivity index (χ0n) is 13.3. The fraction of sp³-hybridized carbons (Fsp3) is 0.235. The van der Waals surface area contributed by atoms with Crippen molar-refractivity contribution in [1.82, 2.24) is 4.90 Å². The van der Waals surface area contributed by atoms with E-state index in [1.165, 1.54) is 24.3 Å². The van der Waals surface area contributed by atoms with Gasteiger partial charge in [-0.1, -0.05) is 30.3 Å². The molecule has 0 radical (unpaired) electrons. The second kappa shape index (κ2) is 8.79. The predicted molar refractivity (Wildman–Crippen MR) is 92.2 cm³/mol. The van der Waals surface area contributed by atoms with Gasteiger partial charge in [-0.15, -0.1) is 0 Å². The van der Waals surface area contributed by atoms with E-state index in [0.29, 0.717) is 11.3 Å². The third kappa shape index (κ3) is 6.83. The molecule has 9 heteroatoms. The molecule has 3 nitrogen and oxygen atoms in total. The fourth-order valence-electron chi connectivity index (χ4n) is 2.14. The first-order chi connectivity index (χ1) is 12.2. The Morgan fingerprint density at radius 1 is 1.04 bits per heavy atom. The molecule has 0 aromatic heterocycles. The van der Waals surface area contributed by atoms with Gasteiger partial charge in [0, 0.05) is 12.2 Å². The average Bonchev–Trinajstić information content (AvgIpc) is 2.55. The Kier molecular flexibility index (Phi) is 6.73. The van der Waals surface area contributed by atoms with E-state index in [1.807, 2.05) is 0 Å². The molecule has 0 aliphatic rings. The van der Waals surface area contributed by atoms with Gasteiger partial charge in [0.15, 0.2) is 5.11 Å². The third-order valence-corrected chi connectivity index (χ3v) is 3.56. The molecule has 0 spiro atoms. The van der Waals surface area contributed by atoms with E-state index in [4.69, 9.17) is 12.2 Å². The number of anilines is 1. The van der Waals surface area contributed by atoms with Crippen LogP contribution in [-0.2, 0) is 6.54 Å². The second-order valence-electron chi connectivity index (χ2n) is 5.29. The van der Waals surface area contributed by atoms with Gasteiger partial charge in [-0.2, -0.15) is 22.0 Å². The molecule has 140 valence electrons. The number of halogens is 5. The first-order valence-electron chi connectivity index (χ1n) is 7.44. The maximum atomic E-state index is 12.9. The van der Waals surface area contributed by atoms with Crippen LogP contribution >= 0.6 is 12.2 Å². The first kappa shape index (κ1) is 19.9. The van der Waals surface area contributed by atoms with E-state index >= 15 is 0 Å². The Bertz CT molecular complexity index is 707. The minimum atomic E-state index is -4.44. The highest BCUT2D eigenvalue weighted by molar-refractivity contribution is 7.80. The van der Waals surface area contributed by atoms with Gasteiger partial charge in [0.05, 0.1) is 0 Å². The van der Waals surface area contributed by atoms with Crippen LogP contribution in [0, 0.1) is 0 Å². The summed E-state index contributed by atoms with van der Waals surface area (Å²) in [4.78, 5) is 0.980. The molecule has 2 aromatic carbocycles. The van der Waals surface area contributed by atoms with Crippen LogP contribution in [0.5, 0.6) is 5.75 Å². The zero-order valence-corrected chi connectivity index (χ0v) is 14.2. The van der Waals surface area contributed by atoms with E-state index in [9.17, 15) is 22.0 Å². The molecule has 0 amide bonds. The number of nitrogens with one attached hydrogen (secondary N) is 1. The predicted octanol–water partition coefficient (Wildman–Crippen LogP) is 5.05. The van der Waals surface area contributed by atoms with Crippen molar-refractivity contribution in [1.29, 1.82) is 0 Å². The lowest BCUT2D eigenvalue weighted by molar-refractivity contribution is -0.138. The largest absolute Gasteiger partial charge is 0.435 e. The molecule has 0 unspecified atom stereocenters. The van der Waals surface area contributed by atoms with Crippen molar-refractivity contribution in [3.63, 3.8) is 0 Å². The van der Waals surface area contributed by atoms with E-state index in [2.05, 4.69) is 10.1 Å². The minimum absolute atomic E-state index is 0.0290. The van der Waals surface area contributed by atoms with Crippen molar-refractivity contribution < 1.29 is 26.7 Å².